The molecule has 2 aromatic carbocycles. The SMILES string of the molecule is CC.CC.c1ccc2cc3c(cc2c1)C3. The van der Waals surface area contributed by atoms with Crippen LogP contribution in [0.5, 0.6) is 0 Å². The maximum absolute atomic E-state index is 2.30. The monoisotopic (exact) mass is 200 g/mol. The van der Waals surface area contributed by atoms with Gasteiger partial charge in [0.05, 0.1) is 0 Å². The standard InChI is InChI=1S/C11H8.2C2H6/c1-2-4-9-6-11-7-10(11)5-8(9)3-1;2*1-2/h1-6H,7H2;2*1-2H3. The van der Waals surface area contributed by atoms with Crippen LogP contribution in [0.1, 0.15) is 38.8 Å². The summed E-state index contributed by atoms with van der Waals surface area (Å²) in [5.74, 6) is 0. The molecule has 0 radical (unpaired) electrons. The van der Waals surface area contributed by atoms with Crippen molar-refractivity contribution in [1.29, 1.82) is 0 Å². The van der Waals surface area contributed by atoms with Crippen LogP contribution >= 0.6 is 0 Å². The summed E-state index contributed by atoms with van der Waals surface area (Å²) in [5, 5.41) is 2.76. The van der Waals surface area contributed by atoms with Gasteiger partial charge in [-0.1, -0.05) is 64.1 Å². The zero-order valence-corrected chi connectivity index (χ0v) is 10.2. The van der Waals surface area contributed by atoms with Gasteiger partial charge in [-0.25, -0.2) is 0 Å². The van der Waals surface area contributed by atoms with Gasteiger partial charge in [0.1, 0.15) is 0 Å². The highest BCUT2D eigenvalue weighted by atomic mass is 14.2. The predicted octanol–water partition coefficient (Wildman–Crippen LogP) is 4.80. The first kappa shape index (κ1) is 11.8. The van der Waals surface area contributed by atoms with Crippen LogP contribution in [0.25, 0.3) is 10.8 Å². The normalized spacial score (nSPS) is 10.4. The van der Waals surface area contributed by atoms with Gasteiger partial charge in [0.2, 0.25) is 0 Å². The van der Waals surface area contributed by atoms with E-state index in [1.54, 1.807) is 0 Å². The molecule has 0 atom stereocenters. The highest BCUT2D eigenvalue weighted by Gasteiger charge is 2.15. The molecule has 80 valence electrons. The Bertz CT molecular complexity index is 386. The molecular weight excluding hydrogens is 180 g/mol. The molecule has 15 heavy (non-hydrogen) atoms. The maximum Gasteiger partial charge on any atom is -0.00196 e. The van der Waals surface area contributed by atoms with Crippen molar-refractivity contribution in [3.63, 3.8) is 0 Å². The van der Waals surface area contributed by atoms with E-state index in [1.165, 1.54) is 28.3 Å². The van der Waals surface area contributed by atoms with Crippen LogP contribution in [-0.2, 0) is 6.42 Å². The Morgan fingerprint density at radius 2 is 1.13 bits per heavy atom. The molecule has 3 rings (SSSR count). The van der Waals surface area contributed by atoms with Crippen molar-refractivity contribution in [1.82, 2.24) is 0 Å². The van der Waals surface area contributed by atoms with Crippen molar-refractivity contribution in [3.8, 4) is 0 Å². The topological polar surface area (TPSA) is 0 Å². The van der Waals surface area contributed by atoms with Crippen molar-refractivity contribution < 1.29 is 0 Å². The van der Waals surface area contributed by atoms with E-state index in [0.29, 0.717) is 0 Å². The van der Waals surface area contributed by atoms with Crippen LogP contribution in [0, 0.1) is 0 Å². The fraction of sp³-hybridized carbons (Fsp3) is 0.333. The minimum atomic E-state index is 1.22. The van der Waals surface area contributed by atoms with E-state index in [-0.39, 0.29) is 0 Å². The molecule has 0 spiro atoms. The van der Waals surface area contributed by atoms with Gasteiger partial charge in [0, 0.05) is 0 Å². The summed E-state index contributed by atoms with van der Waals surface area (Å²) in [6, 6.07) is 13.1. The summed E-state index contributed by atoms with van der Waals surface area (Å²) in [6.07, 6.45) is 1.22. The van der Waals surface area contributed by atoms with E-state index >= 15 is 0 Å². The Labute approximate surface area is 92.9 Å². The lowest BCUT2D eigenvalue weighted by molar-refractivity contribution is 1.50. The molecule has 2 aromatic rings. The molecule has 0 amide bonds. The Kier molecular flexibility index (Phi) is 4.36. The smallest absolute Gasteiger partial charge is 0.00196 e. The lowest BCUT2D eigenvalue weighted by Crippen LogP contribution is -1.67. The second-order valence-corrected chi connectivity index (χ2v) is 3.14. The summed E-state index contributed by atoms with van der Waals surface area (Å²) >= 11 is 0. The average Bonchev–Trinajstić information content (AvgIpc) is 3.09. The third-order valence-electron chi connectivity index (χ3n) is 2.32. The van der Waals surface area contributed by atoms with Crippen molar-refractivity contribution in [3.05, 3.63) is 47.5 Å². The van der Waals surface area contributed by atoms with E-state index in [2.05, 4.69) is 36.4 Å². The number of rotatable bonds is 0. The molecule has 0 nitrogen and oxygen atoms in total. The van der Waals surface area contributed by atoms with Crippen LogP contribution in [0.2, 0.25) is 0 Å². The lowest BCUT2D eigenvalue weighted by Gasteiger charge is -1.92. The average molecular weight is 200 g/mol. The molecule has 0 saturated carbocycles. The van der Waals surface area contributed by atoms with Crippen LogP contribution in [0.3, 0.4) is 0 Å². The van der Waals surface area contributed by atoms with Gasteiger partial charge in [-0.15, -0.1) is 0 Å². The molecule has 0 bridgehead atoms. The first-order valence-corrected chi connectivity index (χ1v) is 5.94. The quantitative estimate of drug-likeness (QED) is 0.489. The molecule has 0 aromatic heterocycles. The Morgan fingerprint density at radius 1 is 0.733 bits per heavy atom. The number of hydrogen-bond acceptors (Lipinski definition) is 0. The summed E-state index contributed by atoms with van der Waals surface area (Å²) in [5.41, 5.74) is 3.06. The fourth-order valence-electron chi connectivity index (χ4n) is 1.60. The van der Waals surface area contributed by atoms with Crippen LogP contribution in [0.4, 0.5) is 0 Å². The van der Waals surface area contributed by atoms with Gasteiger partial charge >= 0.3 is 0 Å². The van der Waals surface area contributed by atoms with Crippen LogP contribution in [0.15, 0.2) is 36.4 Å². The summed E-state index contributed by atoms with van der Waals surface area (Å²) < 4.78 is 0. The molecule has 0 heterocycles. The molecule has 0 aliphatic heterocycles. The van der Waals surface area contributed by atoms with Crippen molar-refractivity contribution in [2.45, 2.75) is 34.1 Å². The minimum Gasteiger partial charge on any atom is -0.0683 e. The van der Waals surface area contributed by atoms with Crippen molar-refractivity contribution in [2.24, 2.45) is 0 Å². The highest BCUT2D eigenvalue weighted by molar-refractivity contribution is 5.86. The van der Waals surface area contributed by atoms with Gasteiger partial charge in [-0.05, 0) is 28.3 Å². The predicted molar refractivity (Wildman–Crippen MR) is 69.5 cm³/mol. The van der Waals surface area contributed by atoms with Gasteiger partial charge in [-0.3, -0.25) is 0 Å². The van der Waals surface area contributed by atoms with E-state index in [4.69, 9.17) is 0 Å². The highest BCUT2D eigenvalue weighted by Crippen LogP contribution is 2.31. The van der Waals surface area contributed by atoms with Gasteiger partial charge in [0.15, 0.2) is 0 Å². The number of benzene rings is 2. The number of fused-ring (bicyclic) bond motifs is 2. The third kappa shape index (κ3) is 2.59. The van der Waals surface area contributed by atoms with Gasteiger partial charge in [-0.2, -0.15) is 0 Å². The summed E-state index contributed by atoms with van der Waals surface area (Å²) in [4.78, 5) is 0. The fourth-order valence-corrected chi connectivity index (χ4v) is 1.60. The zero-order chi connectivity index (χ0) is 11.3. The molecule has 0 unspecified atom stereocenters. The van der Waals surface area contributed by atoms with Gasteiger partial charge < -0.3 is 0 Å². The molecule has 0 fully saturated rings. The lowest BCUT2D eigenvalue weighted by atomic mass is 10.1. The molecular formula is C15H20. The number of hydrogen-bond donors (Lipinski definition) is 0. The summed E-state index contributed by atoms with van der Waals surface area (Å²) in [6.45, 7) is 8.00. The summed E-state index contributed by atoms with van der Waals surface area (Å²) in [7, 11) is 0. The van der Waals surface area contributed by atoms with E-state index < -0.39 is 0 Å². The Hall–Kier alpha value is -1.30. The van der Waals surface area contributed by atoms with Gasteiger partial charge in [0.25, 0.3) is 0 Å². The maximum atomic E-state index is 2.30. The van der Waals surface area contributed by atoms with Crippen LogP contribution in [-0.4, -0.2) is 0 Å². The van der Waals surface area contributed by atoms with E-state index in [1.807, 2.05) is 27.7 Å². The minimum absolute atomic E-state index is 1.22. The molecule has 0 N–H and O–H groups in total. The van der Waals surface area contributed by atoms with E-state index in [0.717, 1.165) is 0 Å². The van der Waals surface area contributed by atoms with E-state index in [9.17, 15) is 0 Å². The second kappa shape index (κ2) is 5.55. The first-order valence-electron chi connectivity index (χ1n) is 5.94. The molecule has 0 heteroatoms. The third-order valence-corrected chi connectivity index (χ3v) is 2.32. The first-order chi connectivity index (χ1) is 7.43. The molecule has 0 saturated heterocycles. The molecule has 1 aliphatic rings. The second-order valence-electron chi connectivity index (χ2n) is 3.14. The van der Waals surface area contributed by atoms with Crippen molar-refractivity contribution in [2.75, 3.05) is 0 Å². The Morgan fingerprint density at radius 3 is 1.53 bits per heavy atom. The Balaban J connectivity index is 0.000000255. The van der Waals surface area contributed by atoms with Crippen LogP contribution < -0.4 is 0 Å². The van der Waals surface area contributed by atoms with Crippen molar-refractivity contribution >= 4 is 10.8 Å². The zero-order valence-electron chi connectivity index (χ0n) is 10.2. The molecule has 1 aliphatic carbocycles. The largest absolute Gasteiger partial charge is 0.0683 e.